The number of aromatic hydroxyl groups is 1. The van der Waals surface area contributed by atoms with Gasteiger partial charge in [-0.15, -0.1) is 0 Å². The molecule has 2 rings (SSSR count). The van der Waals surface area contributed by atoms with Crippen LogP contribution in [0.25, 0.3) is 0 Å². The molecule has 0 aromatic heterocycles. The second-order valence-corrected chi connectivity index (χ2v) is 4.74. The Labute approximate surface area is 104 Å². The highest BCUT2D eigenvalue weighted by Crippen LogP contribution is 2.37. The molecule has 1 aromatic carbocycles. The average molecular weight is 256 g/mol. The van der Waals surface area contributed by atoms with Gasteiger partial charge in [-0.1, -0.05) is 11.6 Å². The first-order valence-electron chi connectivity index (χ1n) is 5.45. The van der Waals surface area contributed by atoms with Crippen molar-refractivity contribution in [2.75, 3.05) is 6.54 Å². The number of nitrogens with one attached hydrogen (secondary N) is 1. The summed E-state index contributed by atoms with van der Waals surface area (Å²) < 4.78 is 0. The van der Waals surface area contributed by atoms with Crippen molar-refractivity contribution in [3.05, 3.63) is 28.3 Å². The fraction of sp³-hybridized carbons (Fsp3) is 0.417. The van der Waals surface area contributed by atoms with Gasteiger partial charge in [0.15, 0.2) is 0 Å². The van der Waals surface area contributed by atoms with Gasteiger partial charge in [-0.2, -0.15) is 0 Å². The van der Waals surface area contributed by atoms with Gasteiger partial charge >= 0.3 is 5.97 Å². The molecule has 0 spiro atoms. The second kappa shape index (κ2) is 4.55. The normalized spacial score (nSPS) is 23.9. The lowest BCUT2D eigenvalue weighted by molar-refractivity contribution is -0.141. The highest BCUT2D eigenvalue weighted by Gasteiger charge is 2.32. The summed E-state index contributed by atoms with van der Waals surface area (Å²) >= 11 is 6.01. The van der Waals surface area contributed by atoms with Crippen LogP contribution in [0.4, 0.5) is 0 Å². The van der Waals surface area contributed by atoms with Crippen molar-refractivity contribution in [3.8, 4) is 5.75 Å². The minimum absolute atomic E-state index is 0.144. The lowest BCUT2D eigenvalue weighted by Gasteiger charge is -2.16. The fourth-order valence-electron chi connectivity index (χ4n) is 2.27. The van der Waals surface area contributed by atoms with E-state index >= 15 is 0 Å². The Morgan fingerprint density at radius 1 is 1.53 bits per heavy atom. The molecule has 2 unspecified atom stereocenters. The molecule has 0 radical (unpaired) electrons. The number of carboxylic acids is 1. The summed E-state index contributed by atoms with van der Waals surface area (Å²) in [5.41, 5.74) is 1.51. The lowest BCUT2D eigenvalue weighted by Crippen LogP contribution is -2.17. The predicted molar refractivity (Wildman–Crippen MR) is 64.3 cm³/mol. The number of aliphatic carboxylic acids is 1. The minimum Gasteiger partial charge on any atom is -0.508 e. The summed E-state index contributed by atoms with van der Waals surface area (Å²) in [6.45, 7) is 2.25. The molecule has 1 saturated heterocycles. The van der Waals surface area contributed by atoms with E-state index in [2.05, 4.69) is 5.32 Å². The molecule has 1 aliphatic heterocycles. The van der Waals surface area contributed by atoms with Gasteiger partial charge in [0, 0.05) is 23.2 Å². The molecule has 1 heterocycles. The van der Waals surface area contributed by atoms with Gasteiger partial charge in [0.2, 0.25) is 0 Å². The van der Waals surface area contributed by atoms with E-state index in [1.165, 1.54) is 0 Å². The topological polar surface area (TPSA) is 69.6 Å². The van der Waals surface area contributed by atoms with Crippen LogP contribution in [0, 0.1) is 12.8 Å². The van der Waals surface area contributed by atoms with Gasteiger partial charge in [-0.05, 0) is 31.0 Å². The summed E-state index contributed by atoms with van der Waals surface area (Å²) in [4.78, 5) is 10.9. The standard InChI is InChI=1S/C12H14ClNO3/c1-6-8(13)2-3-10(15)11(6)9-4-7(5-14-9)12(16)17/h2-3,7,9,14-15H,4-5H2,1H3,(H,16,17). The van der Waals surface area contributed by atoms with E-state index in [1.54, 1.807) is 12.1 Å². The first-order chi connectivity index (χ1) is 8.00. The summed E-state index contributed by atoms with van der Waals surface area (Å²) in [5, 5.41) is 22.5. The van der Waals surface area contributed by atoms with Gasteiger partial charge in [-0.3, -0.25) is 4.79 Å². The van der Waals surface area contributed by atoms with Crippen molar-refractivity contribution in [2.24, 2.45) is 5.92 Å². The fourth-order valence-corrected chi connectivity index (χ4v) is 2.44. The molecule has 17 heavy (non-hydrogen) atoms. The Bertz CT molecular complexity index is 461. The van der Waals surface area contributed by atoms with E-state index in [-0.39, 0.29) is 11.8 Å². The van der Waals surface area contributed by atoms with Crippen LogP contribution in [-0.2, 0) is 4.79 Å². The molecule has 1 fully saturated rings. The molecule has 1 aliphatic rings. The van der Waals surface area contributed by atoms with Crippen LogP contribution < -0.4 is 5.32 Å². The van der Waals surface area contributed by atoms with Gasteiger partial charge in [0.25, 0.3) is 0 Å². The summed E-state index contributed by atoms with van der Waals surface area (Å²) in [6.07, 6.45) is 0.476. The highest BCUT2D eigenvalue weighted by atomic mass is 35.5. The minimum atomic E-state index is -0.806. The van der Waals surface area contributed by atoms with Crippen molar-refractivity contribution in [2.45, 2.75) is 19.4 Å². The number of carboxylic acid groups (broad SMARTS) is 1. The molecule has 0 amide bonds. The second-order valence-electron chi connectivity index (χ2n) is 4.34. The third-order valence-corrected chi connectivity index (χ3v) is 3.66. The van der Waals surface area contributed by atoms with Crippen molar-refractivity contribution in [3.63, 3.8) is 0 Å². The first-order valence-corrected chi connectivity index (χ1v) is 5.82. The Morgan fingerprint density at radius 3 is 2.82 bits per heavy atom. The number of carbonyl (C=O) groups is 1. The summed E-state index contributed by atoms with van der Waals surface area (Å²) in [7, 11) is 0. The predicted octanol–water partition coefficient (Wildman–Crippen LogP) is 2.09. The van der Waals surface area contributed by atoms with Crippen LogP contribution in [0.3, 0.4) is 0 Å². The number of phenols is 1. The third-order valence-electron chi connectivity index (χ3n) is 3.25. The molecule has 5 heteroatoms. The van der Waals surface area contributed by atoms with Gasteiger partial charge < -0.3 is 15.5 Å². The molecular weight excluding hydrogens is 242 g/mol. The Morgan fingerprint density at radius 2 is 2.24 bits per heavy atom. The molecule has 0 saturated carbocycles. The lowest BCUT2D eigenvalue weighted by atomic mass is 9.96. The number of phenolic OH excluding ortho intramolecular Hbond substituents is 1. The Kier molecular flexibility index (Phi) is 3.26. The van der Waals surface area contributed by atoms with Gasteiger partial charge in [-0.25, -0.2) is 0 Å². The van der Waals surface area contributed by atoms with E-state index in [4.69, 9.17) is 16.7 Å². The quantitative estimate of drug-likeness (QED) is 0.757. The van der Waals surface area contributed by atoms with E-state index in [0.717, 1.165) is 5.56 Å². The number of hydrogen-bond acceptors (Lipinski definition) is 3. The van der Waals surface area contributed by atoms with Crippen molar-refractivity contribution in [1.82, 2.24) is 5.32 Å². The molecule has 3 N–H and O–H groups in total. The maximum atomic E-state index is 10.9. The molecule has 92 valence electrons. The molecular formula is C12H14ClNO3. The summed E-state index contributed by atoms with van der Waals surface area (Å²) in [5.74, 6) is -1.05. The number of benzene rings is 1. The van der Waals surface area contributed by atoms with E-state index in [9.17, 15) is 9.90 Å². The summed E-state index contributed by atoms with van der Waals surface area (Å²) in [6, 6.07) is 3.04. The maximum absolute atomic E-state index is 10.9. The monoisotopic (exact) mass is 255 g/mol. The molecule has 4 nitrogen and oxygen atoms in total. The highest BCUT2D eigenvalue weighted by molar-refractivity contribution is 6.31. The van der Waals surface area contributed by atoms with E-state index < -0.39 is 11.9 Å². The smallest absolute Gasteiger partial charge is 0.307 e. The van der Waals surface area contributed by atoms with Crippen molar-refractivity contribution >= 4 is 17.6 Å². The maximum Gasteiger partial charge on any atom is 0.307 e. The Balaban J connectivity index is 2.30. The van der Waals surface area contributed by atoms with E-state index in [0.29, 0.717) is 23.6 Å². The van der Waals surface area contributed by atoms with Gasteiger partial charge in [0.05, 0.1) is 5.92 Å². The molecule has 0 aliphatic carbocycles. The SMILES string of the molecule is Cc1c(Cl)ccc(O)c1C1CC(C(=O)O)CN1. The van der Waals surface area contributed by atoms with Crippen LogP contribution in [0.1, 0.15) is 23.6 Å². The average Bonchev–Trinajstić information content (AvgIpc) is 2.73. The van der Waals surface area contributed by atoms with E-state index in [1.807, 2.05) is 6.92 Å². The molecule has 0 bridgehead atoms. The van der Waals surface area contributed by atoms with Crippen LogP contribution >= 0.6 is 11.6 Å². The van der Waals surface area contributed by atoms with Crippen LogP contribution in [-0.4, -0.2) is 22.7 Å². The third kappa shape index (κ3) is 2.23. The van der Waals surface area contributed by atoms with Crippen LogP contribution in [0.5, 0.6) is 5.75 Å². The number of hydrogen-bond donors (Lipinski definition) is 3. The molecule has 2 atom stereocenters. The van der Waals surface area contributed by atoms with Gasteiger partial charge in [0.1, 0.15) is 5.75 Å². The molecule has 1 aromatic rings. The van der Waals surface area contributed by atoms with Crippen LogP contribution in [0.15, 0.2) is 12.1 Å². The van der Waals surface area contributed by atoms with Crippen molar-refractivity contribution < 1.29 is 15.0 Å². The van der Waals surface area contributed by atoms with Crippen molar-refractivity contribution in [1.29, 1.82) is 0 Å². The zero-order chi connectivity index (χ0) is 12.6. The first kappa shape index (κ1) is 12.2. The largest absolute Gasteiger partial charge is 0.508 e. The zero-order valence-corrected chi connectivity index (χ0v) is 10.2. The number of rotatable bonds is 2. The van der Waals surface area contributed by atoms with Crippen LogP contribution in [0.2, 0.25) is 5.02 Å². The zero-order valence-electron chi connectivity index (χ0n) is 9.40. The Hall–Kier alpha value is -1.26. The number of halogens is 1.